The Hall–Kier alpha value is -2.49. The molecule has 0 unspecified atom stereocenters. The number of benzene rings is 1. The van der Waals surface area contributed by atoms with Crippen molar-refractivity contribution < 1.29 is 4.79 Å². The standard InChI is InChI=1S/C15H13N3O/c19-15(7-6-12-4-2-1-3-5-12)13-10-17-18-9-8-16-11-14(13)18/h1-5,8-11H,6-7H2. The van der Waals surface area contributed by atoms with Crippen LogP contribution >= 0.6 is 0 Å². The van der Waals surface area contributed by atoms with E-state index in [0.717, 1.165) is 11.9 Å². The van der Waals surface area contributed by atoms with Gasteiger partial charge in [0.15, 0.2) is 5.78 Å². The molecule has 0 bridgehead atoms. The zero-order chi connectivity index (χ0) is 13.1. The highest BCUT2D eigenvalue weighted by Gasteiger charge is 2.12. The lowest BCUT2D eigenvalue weighted by molar-refractivity contribution is 0.0984. The molecular formula is C15H13N3O. The minimum absolute atomic E-state index is 0.104. The van der Waals surface area contributed by atoms with Crippen LogP contribution in [0.25, 0.3) is 5.52 Å². The van der Waals surface area contributed by atoms with Crippen molar-refractivity contribution in [3.05, 3.63) is 66.2 Å². The molecule has 0 spiro atoms. The number of fused-ring (bicyclic) bond motifs is 1. The Morgan fingerprint density at radius 2 is 2.00 bits per heavy atom. The Labute approximate surface area is 110 Å². The fourth-order valence-electron chi connectivity index (χ4n) is 2.09. The van der Waals surface area contributed by atoms with E-state index in [4.69, 9.17) is 0 Å². The molecule has 0 aliphatic heterocycles. The zero-order valence-electron chi connectivity index (χ0n) is 10.4. The van der Waals surface area contributed by atoms with Gasteiger partial charge in [-0.1, -0.05) is 30.3 Å². The molecule has 0 amide bonds. The van der Waals surface area contributed by atoms with Crippen molar-refractivity contribution in [3.8, 4) is 0 Å². The lowest BCUT2D eigenvalue weighted by Gasteiger charge is -2.00. The molecule has 0 aliphatic rings. The summed E-state index contributed by atoms with van der Waals surface area (Å²) in [5.41, 5.74) is 2.58. The molecule has 2 heterocycles. The van der Waals surface area contributed by atoms with Crippen molar-refractivity contribution in [2.75, 3.05) is 0 Å². The van der Waals surface area contributed by atoms with Crippen LogP contribution < -0.4 is 0 Å². The molecule has 94 valence electrons. The maximum Gasteiger partial charge on any atom is 0.167 e. The normalized spacial score (nSPS) is 10.7. The lowest BCUT2D eigenvalue weighted by atomic mass is 10.0. The van der Waals surface area contributed by atoms with Gasteiger partial charge in [-0.05, 0) is 12.0 Å². The fourth-order valence-corrected chi connectivity index (χ4v) is 2.09. The Bertz CT molecular complexity index is 703. The first-order valence-electron chi connectivity index (χ1n) is 6.19. The molecule has 1 aromatic carbocycles. The SMILES string of the molecule is O=C(CCc1ccccc1)c1cnn2ccncc12. The van der Waals surface area contributed by atoms with Gasteiger partial charge in [-0.25, -0.2) is 4.52 Å². The number of ketones is 1. The van der Waals surface area contributed by atoms with E-state index in [0.29, 0.717) is 12.0 Å². The van der Waals surface area contributed by atoms with Crippen LogP contribution in [0.4, 0.5) is 0 Å². The van der Waals surface area contributed by atoms with Gasteiger partial charge in [-0.3, -0.25) is 9.78 Å². The van der Waals surface area contributed by atoms with Gasteiger partial charge in [0, 0.05) is 18.8 Å². The fraction of sp³-hybridized carbons (Fsp3) is 0.133. The molecule has 0 atom stereocenters. The van der Waals surface area contributed by atoms with Crippen molar-refractivity contribution in [3.63, 3.8) is 0 Å². The highest BCUT2D eigenvalue weighted by molar-refractivity contribution is 6.02. The number of Topliss-reactive ketones (excluding diaryl/α,β-unsaturated/α-hetero) is 1. The highest BCUT2D eigenvalue weighted by Crippen LogP contribution is 2.13. The van der Waals surface area contributed by atoms with Crippen LogP contribution in [0, 0.1) is 0 Å². The number of carbonyl (C=O) groups excluding carboxylic acids is 1. The molecule has 2 aromatic heterocycles. The minimum atomic E-state index is 0.104. The number of nitrogens with zero attached hydrogens (tertiary/aromatic N) is 3. The number of hydrogen-bond acceptors (Lipinski definition) is 3. The van der Waals surface area contributed by atoms with Crippen LogP contribution in [-0.2, 0) is 6.42 Å². The van der Waals surface area contributed by atoms with Crippen molar-refractivity contribution in [1.82, 2.24) is 14.6 Å². The molecular weight excluding hydrogens is 238 g/mol. The second-order valence-electron chi connectivity index (χ2n) is 4.37. The average Bonchev–Trinajstić information content (AvgIpc) is 2.90. The second-order valence-corrected chi connectivity index (χ2v) is 4.37. The highest BCUT2D eigenvalue weighted by atomic mass is 16.1. The summed E-state index contributed by atoms with van der Waals surface area (Å²) in [4.78, 5) is 16.2. The third kappa shape index (κ3) is 2.38. The summed E-state index contributed by atoms with van der Waals surface area (Å²) in [5.74, 6) is 0.104. The van der Waals surface area contributed by atoms with E-state index in [1.165, 1.54) is 5.56 Å². The molecule has 3 rings (SSSR count). The first-order valence-corrected chi connectivity index (χ1v) is 6.19. The molecule has 0 saturated heterocycles. The van der Waals surface area contributed by atoms with Crippen LogP contribution in [0.2, 0.25) is 0 Å². The largest absolute Gasteiger partial charge is 0.294 e. The Morgan fingerprint density at radius 1 is 1.16 bits per heavy atom. The van der Waals surface area contributed by atoms with Crippen LogP contribution in [-0.4, -0.2) is 20.4 Å². The van der Waals surface area contributed by atoms with Crippen LogP contribution in [0.3, 0.4) is 0 Å². The van der Waals surface area contributed by atoms with E-state index < -0.39 is 0 Å². The average molecular weight is 251 g/mol. The van der Waals surface area contributed by atoms with Gasteiger partial charge in [0.2, 0.25) is 0 Å². The zero-order valence-corrected chi connectivity index (χ0v) is 10.4. The van der Waals surface area contributed by atoms with Crippen molar-refractivity contribution >= 4 is 11.3 Å². The first kappa shape index (κ1) is 11.6. The summed E-state index contributed by atoms with van der Waals surface area (Å²) < 4.78 is 1.67. The molecule has 4 heteroatoms. The molecule has 0 N–H and O–H groups in total. The molecule has 19 heavy (non-hydrogen) atoms. The smallest absolute Gasteiger partial charge is 0.167 e. The maximum atomic E-state index is 12.2. The summed E-state index contributed by atoms with van der Waals surface area (Å²) in [6.45, 7) is 0. The topological polar surface area (TPSA) is 47.3 Å². The lowest BCUT2D eigenvalue weighted by Crippen LogP contribution is -2.01. The van der Waals surface area contributed by atoms with Gasteiger partial charge in [0.25, 0.3) is 0 Å². The molecule has 0 saturated carbocycles. The third-order valence-electron chi connectivity index (χ3n) is 3.11. The van der Waals surface area contributed by atoms with E-state index >= 15 is 0 Å². The maximum absolute atomic E-state index is 12.2. The number of hydrogen-bond donors (Lipinski definition) is 0. The molecule has 4 nitrogen and oxygen atoms in total. The van der Waals surface area contributed by atoms with E-state index in [1.54, 1.807) is 29.3 Å². The summed E-state index contributed by atoms with van der Waals surface area (Å²) in [5, 5.41) is 4.15. The predicted molar refractivity (Wildman–Crippen MR) is 72.1 cm³/mol. The quantitative estimate of drug-likeness (QED) is 0.669. The first-order chi connectivity index (χ1) is 9.34. The second kappa shape index (κ2) is 5.02. The number of rotatable bonds is 4. The summed E-state index contributed by atoms with van der Waals surface area (Å²) in [6.07, 6.45) is 7.91. The van der Waals surface area contributed by atoms with Gasteiger partial charge < -0.3 is 0 Å². The van der Waals surface area contributed by atoms with E-state index in [9.17, 15) is 4.79 Å². The van der Waals surface area contributed by atoms with Gasteiger partial charge in [0.05, 0.1) is 23.5 Å². The molecule has 0 radical (unpaired) electrons. The number of carbonyl (C=O) groups is 1. The molecule has 3 aromatic rings. The Balaban J connectivity index is 1.77. The van der Waals surface area contributed by atoms with Gasteiger partial charge in [0.1, 0.15) is 0 Å². The van der Waals surface area contributed by atoms with Crippen LogP contribution in [0.1, 0.15) is 22.3 Å². The monoisotopic (exact) mass is 251 g/mol. The summed E-state index contributed by atoms with van der Waals surface area (Å²) in [6, 6.07) is 10.0. The van der Waals surface area contributed by atoms with Crippen molar-refractivity contribution in [2.45, 2.75) is 12.8 Å². The van der Waals surface area contributed by atoms with E-state index in [-0.39, 0.29) is 5.78 Å². The molecule has 0 fully saturated rings. The van der Waals surface area contributed by atoms with E-state index in [2.05, 4.69) is 10.1 Å². The van der Waals surface area contributed by atoms with Gasteiger partial charge >= 0.3 is 0 Å². The van der Waals surface area contributed by atoms with Crippen molar-refractivity contribution in [1.29, 1.82) is 0 Å². The summed E-state index contributed by atoms with van der Waals surface area (Å²) in [7, 11) is 0. The van der Waals surface area contributed by atoms with Gasteiger partial charge in [-0.15, -0.1) is 0 Å². The van der Waals surface area contributed by atoms with E-state index in [1.807, 2.05) is 30.3 Å². The Morgan fingerprint density at radius 3 is 2.84 bits per heavy atom. The van der Waals surface area contributed by atoms with Gasteiger partial charge in [-0.2, -0.15) is 5.10 Å². The third-order valence-corrected chi connectivity index (χ3v) is 3.11. The number of aryl methyl sites for hydroxylation is 1. The molecule has 0 aliphatic carbocycles. The van der Waals surface area contributed by atoms with Crippen LogP contribution in [0.15, 0.2) is 55.1 Å². The van der Waals surface area contributed by atoms with Crippen molar-refractivity contribution in [2.24, 2.45) is 0 Å². The summed E-state index contributed by atoms with van der Waals surface area (Å²) >= 11 is 0. The minimum Gasteiger partial charge on any atom is -0.294 e. The predicted octanol–water partition coefficient (Wildman–Crippen LogP) is 2.54. The van der Waals surface area contributed by atoms with Crippen LogP contribution in [0.5, 0.6) is 0 Å². The Kier molecular flexibility index (Phi) is 3.06. The number of aromatic nitrogens is 3.